The summed E-state index contributed by atoms with van der Waals surface area (Å²) >= 11 is 1.31. The molecule has 4 rings (SSSR count). The molecule has 0 unspecified atom stereocenters. The van der Waals surface area contributed by atoms with Crippen molar-refractivity contribution >= 4 is 22.9 Å². The first kappa shape index (κ1) is 20.7. The molecule has 1 heterocycles. The summed E-state index contributed by atoms with van der Waals surface area (Å²) in [5, 5.41) is 2.29. The largest absolute Gasteiger partial charge is 0.488 e. The summed E-state index contributed by atoms with van der Waals surface area (Å²) in [5.41, 5.74) is 1.88. The molecule has 0 saturated heterocycles. The number of para-hydroxylation sites is 2. The Labute approximate surface area is 182 Å². The van der Waals surface area contributed by atoms with Gasteiger partial charge in [-0.3, -0.25) is 4.79 Å². The third kappa shape index (κ3) is 4.62. The van der Waals surface area contributed by atoms with Crippen LogP contribution in [0.25, 0.3) is 10.6 Å². The molecular weight excluding hydrogens is 418 g/mol. The number of benzene rings is 3. The summed E-state index contributed by atoms with van der Waals surface area (Å²) in [6.45, 7) is -0.130. The number of rotatable bonds is 6. The van der Waals surface area contributed by atoms with Gasteiger partial charge in [-0.2, -0.15) is 0 Å². The third-order valence-electron chi connectivity index (χ3n) is 4.68. The minimum absolute atomic E-state index is 0.120. The molecule has 0 aliphatic heterocycles. The maximum absolute atomic E-state index is 13.9. The maximum atomic E-state index is 13.9. The van der Waals surface area contributed by atoms with Crippen LogP contribution in [-0.2, 0) is 6.61 Å². The van der Waals surface area contributed by atoms with Crippen LogP contribution in [0.5, 0.6) is 5.75 Å². The lowest BCUT2D eigenvalue weighted by molar-refractivity contribution is 0.0989. The summed E-state index contributed by atoms with van der Waals surface area (Å²) in [6, 6.07) is 19.7. The highest BCUT2D eigenvalue weighted by atomic mass is 32.1. The molecule has 0 saturated carbocycles. The molecule has 0 radical (unpaired) electrons. The van der Waals surface area contributed by atoms with Gasteiger partial charge in [0.05, 0.1) is 5.56 Å². The third-order valence-corrected chi connectivity index (χ3v) is 5.56. The van der Waals surface area contributed by atoms with E-state index in [4.69, 9.17) is 4.74 Å². The number of thiazole rings is 1. The Hall–Kier alpha value is -3.58. The van der Waals surface area contributed by atoms with E-state index in [0.717, 1.165) is 23.9 Å². The molecule has 0 aliphatic carbocycles. The number of halogens is 2. The summed E-state index contributed by atoms with van der Waals surface area (Å²) in [5.74, 6) is -0.825. The number of carbonyl (C=O) groups excluding carboxylic acids is 1. The fourth-order valence-corrected chi connectivity index (χ4v) is 3.84. The first-order valence-corrected chi connectivity index (χ1v) is 10.4. The minimum Gasteiger partial charge on any atom is -0.488 e. The second-order valence-electron chi connectivity index (χ2n) is 6.76. The minimum atomic E-state index is -0.537. The number of carbonyl (C=O) groups is 1. The van der Waals surface area contributed by atoms with E-state index >= 15 is 0 Å². The number of hydrogen-bond acceptors (Lipinski definition) is 4. The van der Waals surface area contributed by atoms with Gasteiger partial charge < -0.3 is 9.64 Å². The Morgan fingerprint density at radius 2 is 1.77 bits per heavy atom. The van der Waals surface area contributed by atoms with Crippen LogP contribution < -0.4 is 9.64 Å². The quantitative estimate of drug-likeness (QED) is 0.375. The van der Waals surface area contributed by atoms with E-state index < -0.39 is 11.6 Å². The zero-order valence-corrected chi connectivity index (χ0v) is 17.4. The van der Waals surface area contributed by atoms with Crippen molar-refractivity contribution in [1.29, 1.82) is 0 Å². The van der Waals surface area contributed by atoms with Gasteiger partial charge in [0.15, 0.2) is 0 Å². The zero-order valence-electron chi connectivity index (χ0n) is 16.6. The van der Waals surface area contributed by atoms with Crippen molar-refractivity contribution in [3.05, 3.63) is 101 Å². The molecule has 0 aliphatic rings. The Kier molecular flexibility index (Phi) is 6.04. The van der Waals surface area contributed by atoms with Crippen LogP contribution in [0.4, 0.5) is 14.5 Å². The second-order valence-corrected chi connectivity index (χ2v) is 7.62. The average molecular weight is 436 g/mol. The number of anilines is 1. The van der Waals surface area contributed by atoms with Gasteiger partial charge in [0.1, 0.15) is 34.7 Å². The molecule has 1 aromatic heterocycles. The van der Waals surface area contributed by atoms with E-state index in [1.54, 1.807) is 24.6 Å². The van der Waals surface area contributed by atoms with Crippen LogP contribution in [-0.4, -0.2) is 17.9 Å². The first-order chi connectivity index (χ1) is 15.0. The SMILES string of the molecule is CN(C(=O)c1csc(-c2ccccc2OCc2cc(F)ccc2F)n1)c1ccccc1. The second kappa shape index (κ2) is 9.06. The molecule has 7 heteroatoms. The molecule has 0 fully saturated rings. The topological polar surface area (TPSA) is 42.4 Å². The highest BCUT2D eigenvalue weighted by molar-refractivity contribution is 7.13. The van der Waals surface area contributed by atoms with Gasteiger partial charge in [0.2, 0.25) is 0 Å². The van der Waals surface area contributed by atoms with E-state index in [2.05, 4.69) is 4.98 Å². The average Bonchev–Trinajstić information content (AvgIpc) is 3.29. The van der Waals surface area contributed by atoms with E-state index in [1.165, 1.54) is 16.2 Å². The van der Waals surface area contributed by atoms with Gasteiger partial charge >= 0.3 is 0 Å². The Morgan fingerprint density at radius 3 is 2.58 bits per heavy atom. The maximum Gasteiger partial charge on any atom is 0.277 e. The van der Waals surface area contributed by atoms with Gasteiger partial charge in [0.25, 0.3) is 5.91 Å². The monoisotopic (exact) mass is 436 g/mol. The van der Waals surface area contributed by atoms with Crippen molar-refractivity contribution in [2.45, 2.75) is 6.61 Å². The molecule has 0 bridgehead atoms. The zero-order chi connectivity index (χ0) is 21.8. The van der Waals surface area contributed by atoms with Gasteiger partial charge in [-0.15, -0.1) is 11.3 Å². The van der Waals surface area contributed by atoms with Crippen molar-refractivity contribution in [2.75, 3.05) is 11.9 Å². The van der Waals surface area contributed by atoms with Crippen LogP contribution in [0.3, 0.4) is 0 Å². The standard InChI is InChI=1S/C24H18F2N2O2S/c1-28(18-7-3-2-4-8-18)24(29)21-15-31-23(27-21)19-9-5-6-10-22(19)30-14-16-13-17(25)11-12-20(16)26/h2-13,15H,14H2,1H3. The molecule has 4 nitrogen and oxygen atoms in total. The van der Waals surface area contributed by atoms with Crippen LogP contribution in [0.2, 0.25) is 0 Å². The fraction of sp³-hybridized carbons (Fsp3) is 0.0833. The van der Waals surface area contributed by atoms with Crippen molar-refractivity contribution in [2.24, 2.45) is 0 Å². The number of hydrogen-bond donors (Lipinski definition) is 0. The van der Waals surface area contributed by atoms with Crippen LogP contribution in [0.1, 0.15) is 16.1 Å². The van der Waals surface area contributed by atoms with Crippen molar-refractivity contribution in [3.8, 4) is 16.3 Å². The molecule has 4 aromatic rings. The highest BCUT2D eigenvalue weighted by Crippen LogP contribution is 2.33. The summed E-state index contributed by atoms with van der Waals surface area (Å²) < 4.78 is 33.1. The smallest absolute Gasteiger partial charge is 0.277 e. The fourth-order valence-electron chi connectivity index (χ4n) is 3.01. The molecular formula is C24H18F2N2O2S. The van der Waals surface area contributed by atoms with Crippen molar-refractivity contribution < 1.29 is 18.3 Å². The summed E-state index contributed by atoms with van der Waals surface area (Å²) in [6.07, 6.45) is 0. The molecule has 0 atom stereocenters. The number of aromatic nitrogens is 1. The number of nitrogens with zero attached hydrogens (tertiary/aromatic N) is 2. The Balaban J connectivity index is 1.55. The normalized spacial score (nSPS) is 10.7. The predicted molar refractivity (Wildman–Crippen MR) is 117 cm³/mol. The highest BCUT2D eigenvalue weighted by Gasteiger charge is 2.19. The lowest BCUT2D eigenvalue weighted by Crippen LogP contribution is -2.26. The van der Waals surface area contributed by atoms with E-state index in [9.17, 15) is 13.6 Å². The van der Waals surface area contributed by atoms with Crippen molar-refractivity contribution in [3.63, 3.8) is 0 Å². The van der Waals surface area contributed by atoms with Crippen molar-refractivity contribution in [1.82, 2.24) is 4.98 Å². The van der Waals surface area contributed by atoms with Gasteiger partial charge in [-0.1, -0.05) is 30.3 Å². The van der Waals surface area contributed by atoms with Gasteiger partial charge in [0, 0.05) is 23.7 Å². The predicted octanol–water partition coefficient (Wildman–Crippen LogP) is 5.94. The molecule has 1 amide bonds. The first-order valence-electron chi connectivity index (χ1n) is 9.47. The Morgan fingerprint density at radius 1 is 1.03 bits per heavy atom. The van der Waals surface area contributed by atoms with Crippen LogP contribution in [0.15, 0.2) is 78.2 Å². The van der Waals surface area contributed by atoms with Gasteiger partial charge in [-0.05, 0) is 42.5 Å². The molecule has 0 spiro atoms. The van der Waals surface area contributed by atoms with Crippen LogP contribution in [0, 0.1) is 11.6 Å². The Bertz CT molecular complexity index is 1210. The van der Waals surface area contributed by atoms with E-state index in [0.29, 0.717) is 22.0 Å². The summed E-state index contributed by atoms with van der Waals surface area (Å²) in [7, 11) is 1.70. The molecule has 156 valence electrons. The summed E-state index contributed by atoms with van der Waals surface area (Å²) in [4.78, 5) is 18.8. The van der Waals surface area contributed by atoms with E-state index in [-0.39, 0.29) is 18.1 Å². The lowest BCUT2D eigenvalue weighted by atomic mass is 10.2. The van der Waals surface area contributed by atoms with E-state index in [1.807, 2.05) is 42.5 Å². The number of ether oxygens (including phenoxy) is 1. The van der Waals surface area contributed by atoms with Gasteiger partial charge in [-0.25, -0.2) is 13.8 Å². The number of amides is 1. The molecule has 0 N–H and O–H groups in total. The molecule has 31 heavy (non-hydrogen) atoms. The van der Waals surface area contributed by atoms with Crippen LogP contribution >= 0.6 is 11.3 Å². The molecule has 3 aromatic carbocycles. The lowest BCUT2D eigenvalue weighted by Gasteiger charge is -2.15.